The SMILES string of the molecule is CCCCC(NC(=O)[C@H](CC(C)C)NC(=O)[C@@H](NC(=O)[C@H](Cc1ccccc1C)NC(=O)[C@H](NC(=O)[C@H](COC(C)(C)C)NC(C)=O)C(C)C)C(C)(C)C)C(OC)OC. The van der Waals surface area contributed by atoms with Crippen molar-refractivity contribution < 1.29 is 43.0 Å². The molecule has 0 bridgehead atoms. The van der Waals surface area contributed by atoms with Gasteiger partial charge in [0.2, 0.25) is 35.4 Å². The molecule has 1 aromatic carbocycles. The number of methoxy groups -OCH3 is 2. The molecule has 0 aliphatic carbocycles. The normalized spacial score (nSPS) is 15.1. The molecule has 0 aliphatic heterocycles. The van der Waals surface area contributed by atoms with Crippen molar-refractivity contribution in [2.75, 3.05) is 20.8 Å². The lowest BCUT2D eigenvalue weighted by molar-refractivity contribution is -0.142. The number of rotatable bonds is 24. The van der Waals surface area contributed by atoms with Crippen LogP contribution in [0.25, 0.3) is 0 Å². The van der Waals surface area contributed by atoms with E-state index in [0.717, 1.165) is 24.0 Å². The van der Waals surface area contributed by atoms with E-state index in [2.05, 4.69) is 31.9 Å². The van der Waals surface area contributed by atoms with Gasteiger partial charge in [-0.1, -0.05) is 92.5 Å². The summed E-state index contributed by atoms with van der Waals surface area (Å²) in [5.74, 6) is -3.69. The second-order valence-electron chi connectivity index (χ2n) is 18.2. The van der Waals surface area contributed by atoms with Gasteiger partial charge in [-0.05, 0) is 68.9 Å². The highest BCUT2D eigenvalue weighted by Gasteiger charge is 2.39. The van der Waals surface area contributed by atoms with Gasteiger partial charge in [0, 0.05) is 27.6 Å². The van der Waals surface area contributed by atoms with E-state index < -0.39 is 94.9 Å². The average Bonchev–Trinajstić information content (AvgIpc) is 3.12. The maximum atomic E-state index is 14.4. The van der Waals surface area contributed by atoms with Crippen LogP contribution in [0.5, 0.6) is 0 Å². The van der Waals surface area contributed by atoms with E-state index in [9.17, 15) is 28.8 Å². The Labute approximate surface area is 353 Å². The van der Waals surface area contributed by atoms with Crippen LogP contribution in [0.4, 0.5) is 0 Å². The van der Waals surface area contributed by atoms with Gasteiger partial charge in [0.05, 0.1) is 18.2 Å². The summed E-state index contributed by atoms with van der Waals surface area (Å²) in [6.45, 7) is 23.3. The first-order chi connectivity index (χ1) is 27.3. The van der Waals surface area contributed by atoms with Gasteiger partial charge in [0.25, 0.3) is 0 Å². The average molecular weight is 833 g/mol. The van der Waals surface area contributed by atoms with Gasteiger partial charge in [-0.15, -0.1) is 0 Å². The molecule has 0 aromatic heterocycles. The van der Waals surface area contributed by atoms with E-state index in [1.165, 1.54) is 21.1 Å². The molecule has 6 amide bonds. The van der Waals surface area contributed by atoms with Crippen LogP contribution in [0, 0.1) is 24.2 Å². The summed E-state index contributed by atoms with van der Waals surface area (Å²) in [4.78, 5) is 82.1. The summed E-state index contributed by atoms with van der Waals surface area (Å²) in [5, 5.41) is 17.0. The van der Waals surface area contributed by atoms with Gasteiger partial charge in [0.1, 0.15) is 30.2 Å². The topological polar surface area (TPSA) is 202 Å². The minimum Gasteiger partial charge on any atom is -0.373 e. The quantitative estimate of drug-likeness (QED) is 0.0838. The molecular formula is C44H76N6O9. The summed E-state index contributed by atoms with van der Waals surface area (Å²) in [6, 6.07) is 1.56. The number of nitrogens with one attached hydrogen (secondary N) is 6. The lowest BCUT2D eigenvalue weighted by Crippen LogP contribution is -2.63. The van der Waals surface area contributed by atoms with Crippen molar-refractivity contribution in [2.24, 2.45) is 17.3 Å². The Morgan fingerprint density at radius 3 is 1.75 bits per heavy atom. The predicted molar refractivity (Wildman–Crippen MR) is 229 cm³/mol. The van der Waals surface area contributed by atoms with Crippen molar-refractivity contribution in [2.45, 2.75) is 170 Å². The number of aryl methyl sites for hydroxylation is 1. The van der Waals surface area contributed by atoms with Crippen molar-refractivity contribution in [3.63, 3.8) is 0 Å². The second-order valence-corrected chi connectivity index (χ2v) is 18.2. The molecule has 6 N–H and O–H groups in total. The van der Waals surface area contributed by atoms with Gasteiger partial charge in [0.15, 0.2) is 6.29 Å². The fourth-order valence-corrected chi connectivity index (χ4v) is 6.36. The molecule has 15 nitrogen and oxygen atoms in total. The highest BCUT2D eigenvalue weighted by Crippen LogP contribution is 2.22. The summed E-state index contributed by atoms with van der Waals surface area (Å²) >= 11 is 0. The van der Waals surface area contributed by atoms with Crippen LogP contribution < -0.4 is 31.9 Å². The minimum atomic E-state index is -1.18. The molecule has 0 saturated heterocycles. The lowest BCUT2D eigenvalue weighted by atomic mass is 9.85. The zero-order valence-corrected chi connectivity index (χ0v) is 38.4. The van der Waals surface area contributed by atoms with Crippen molar-refractivity contribution in [3.8, 4) is 0 Å². The highest BCUT2D eigenvalue weighted by molar-refractivity contribution is 5.96. The standard InChI is InChI=1S/C44H76N6O9/c1-16-17-22-31(42(57-14)58-15)46-37(52)32(23-26(2)3)48-41(56)36(43(8,9)10)50-38(53)33(24-30-21-19-18-20-28(30)6)47-40(55)35(27(4)5)49-39(54)34(45-29(7)51)25-59-44(11,12)13/h18-21,26-27,31-36,42H,16-17,22-25H2,1-15H3,(H,45,51)(H,46,52)(H,47,55)(H,48,56)(H,49,54)(H,50,53)/t31?,32-,33-,34-,35+,36+/m0/s1. The largest absolute Gasteiger partial charge is 0.373 e. The molecule has 1 aromatic rings. The fourth-order valence-electron chi connectivity index (χ4n) is 6.36. The van der Waals surface area contributed by atoms with E-state index in [1.54, 1.807) is 34.6 Å². The van der Waals surface area contributed by atoms with Crippen LogP contribution in [0.3, 0.4) is 0 Å². The van der Waals surface area contributed by atoms with Crippen LogP contribution in [0.2, 0.25) is 0 Å². The number of benzene rings is 1. The third-order valence-corrected chi connectivity index (χ3v) is 9.69. The zero-order valence-electron chi connectivity index (χ0n) is 38.4. The van der Waals surface area contributed by atoms with Crippen LogP contribution in [-0.2, 0) is 49.4 Å². The Hall–Kier alpha value is -4.08. The predicted octanol–water partition coefficient (Wildman–Crippen LogP) is 3.84. The van der Waals surface area contributed by atoms with E-state index in [1.807, 2.05) is 72.7 Å². The van der Waals surface area contributed by atoms with Gasteiger partial charge in [-0.3, -0.25) is 28.8 Å². The number of unbranched alkanes of at least 4 members (excludes halogenated alkanes) is 1. The minimum absolute atomic E-state index is 0.0334. The molecule has 15 heteroatoms. The van der Waals surface area contributed by atoms with E-state index in [-0.39, 0.29) is 18.9 Å². The molecule has 0 saturated carbocycles. The highest BCUT2D eigenvalue weighted by atomic mass is 16.7. The molecule has 0 fully saturated rings. The number of hydrogen-bond acceptors (Lipinski definition) is 9. The summed E-state index contributed by atoms with van der Waals surface area (Å²) in [6.07, 6.45) is 2.04. The van der Waals surface area contributed by atoms with Gasteiger partial charge >= 0.3 is 0 Å². The molecule has 1 rings (SSSR count). The Bertz CT molecular complexity index is 1520. The zero-order chi connectivity index (χ0) is 45.2. The first kappa shape index (κ1) is 52.9. The first-order valence-electron chi connectivity index (χ1n) is 20.9. The van der Waals surface area contributed by atoms with Crippen LogP contribution in [0.15, 0.2) is 24.3 Å². The molecular weight excluding hydrogens is 757 g/mol. The van der Waals surface area contributed by atoms with Crippen LogP contribution >= 0.6 is 0 Å². The molecule has 1 unspecified atom stereocenters. The van der Waals surface area contributed by atoms with E-state index in [4.69, 9.17) is 14.2 Å². The summed E-state index contributed by atoms with van der Waals surface area (Å²) in [7, 11) is 3.01. The first-order valence-corrected chi connectivity index (χ1v) is 20.9. The Balaban J connectivity index is 3.51. The van der Waals surface area contributed by atoms with Crippen LogP contribution in [0.1, 0.15) is 120 Å². The third kappa shape index (κ3) is 19.2. The fraction of sp³-hybridized carbons (Fsp3) is 0.727. The van der Waals surface area contributed by atoms with Crippen molar-refractivity contribution >= 4 is 35.4 Å². The number of hydrogen-bond donors (Lipinski definition) is 6. The van der Waals surface area contributed by atoms with Gasteiger partial charge in [-0.2, -0.15) is 0 Å². The molecule has 59 heavy (non-hydrogen) atoms. The van der Waals surface area contributed by atoms with Crippen molar-refractivity contribution in [3.05, 3.63) is 35.4 Å². The molecule has 336 valence electrons. The molecule has 0 spiro atoms. The molecule has 0 radical (unpaired) electrons. The Morgan fingerprint density at radius 1 is 0.695 bits per heavy atom. The number of ether oxygens (including phenoxy) is 3. The maximum absolute atomic E-state index is 14.4. The number of amides is 6. The monoisotopic (exact) mass is 833 g/mol. The molecule has 6 atom stereocenters. The van der Waals surface area contributed by atoms with Gasteiger partial charge < -0.3 is 46.1 Å². The maximum Gasteiger partial charge on any atom is 0.245 e. The lowest BCUT2D eigenvalue weighted by Gasteiger charge is -2.34. The summed E-state index contributed by atoms with van der Waals surface area (Å²) in [5.41, 5.74) is 0.246. The Morgan fingerprint density at radius 2 is 1.25 bits per heavy atom. The molecule has 0 heterocycles. The van der Waals surface area contributed by atoms with Crippen molar-refractivity contribution in [1.82, 2.24) is 31.9 Å². The van der Waals surface area contributed by atoms with Crippen LogP contribution in [-0.4, -0.2) is 104 Å². The Kier molecular flexibility index (Phi) is 22.3. The second kappa shape index (κ2) is 24.9. The smallest absolute Gasteiger partial charge is 0.245 e. The summed E-state index contributed by atoms with van der Waals surface area (Å²) < 4.78 is 16.7. The third-order valence-electron chi connectivity index (χ3n) is 9.69. The molecule has 0 aliphatic rings. The van der Waals surface area contributed by atoms with E-state index in [0.29, 0.717) is 12.8 Å². The van der Waals surface area contributed by atoms with Crippen molar-refractivity contribution in [1.29, 1.82) is 0 Å². The van der Waals surface area contributed by atoms with Gasteiger partial charge in [-0.25, -0.2) is 0 Å². The number of carbonyl (C=O) groups excluding carboxylic acids is 6. The number of carbonyl (C=O) groups is 6. The van der Waals surface area contributed by atoms with E-state index >= 15 is 0 Å².